The molecule has 0 fully saturated rings. The van der Waals surface area contributed by atoms with E-state index in [1.54, 1.807) is 49.4 Å². The minimum absolute atomic E-state index is 0.0249. The molecule has 1 aliphatic heterocycles. The Morgan fingerprint density at radius 2 is 2.03 bits per heavy atom. The molecule has 0 saturated carbocycles. The molecule has 1 amide bonds. The SMILES string of the molecule is CC(C(=O)NCC(O)COc1ccc2c(c1)OCO2)n1c(=O)oc2ccccc21. The van der Waals surface area contributed by atoms with Crippen LogP contribution in [0.3, 0.4) is 0 Å². The molecule has 2 atom stereocenters. The fourth-order valence-corrected chi connectivity index (χ4v) is 3.05. The second-order valence-corrected chi connectivity index (χ2v) is 6.61. The number of nitrogens with zero attached hydrogens (tertiary/aromatic N) is 1. The summed E-state index contributed by atoms with van der Waals surface area (Å²) < 4.78 is 22.5. The van der Waals surface area contributed by atoms with Gasteiger partial charge < -0.3 is 29.1 Å². The number of aromatic nitrogens is 1. The number of hydrogen-bond acceptors (Lipinski definition) is 7. The average Bonchev–Trinajstić information content (AvgIpc) is 3.32. The first-order chi connectivity index (χ1) is 14.0. The van der Waals surface area contributed by atoms with E-state index in [1.807, 2.05) is 0 Å². The van der Waals surface area contributed by atoms with Gasteiger partial charge in [0.05, 0.1) is 5.52 Å². The van der Waals surface area contributed by atoms with Crippen molar-refractivity contribution in [1.82, 2.24) is 9.88 Å². The highest BCUT2D eigenvalue weighted by Gasteiger charge is 2.22. The highest BCUT2D eigenvalue weighted by molar-refractivity contribution is 5.82. The third-order valence-corrected chi connectivity index (χ3v) is 4.58. The van der Waals surface area contributed by atoms with Gasteiger partial charge in [-0.1, -0.05) is 12.1 Å². The van der Waals surface area contributed by atoms with E-state index in [9.17, 15) is 14.7 Å². The molecule has 3 aromatic rings. The minimum Gasteiger partial charge on any atom is -0.491 e. The highest BCUT2D eigenvalue weighted by Crippen LogP contribution is 2.35. The second kappa shape index (κ2) is 7.88. The molecule has 9 heteroatoms. The molecule has 0 radical (unpaired) electrons. The van der Waals surface area contributed by atoms with Crippen LogP contribution < -0.4 is 25.3 Å². The van der Waals surface area contributed by atoms with Crippen LogP contribution in [-0.2, 0) is 4.79 Å². The van der Waals surface area contributed by atoms with Crippen molar-refractivity contribution in [3.8, 4) is 17.2 Å². The summed E-state index contributed by atoms with van der Waals surface area (Å²) in [6, 6.07) is 11.2. The van der Waals surface area contributed by atoms with Crippen LogP contribution >= 0.6 is 0 Å². The van der Waals surface area contributed by atoms with Gasteiger partial charge in [0.25, 0.3) is 0 Å². The summed E-state index contributed by atoms with van der Waals surface area (Å²) in [5.74, 6) is 0.712. The van der Waals surface area contributed by atoms with E-state index in [2.05, 4.69) is 5.32 Å². The van der Waals surface area contributed by atoms with E-state index in [1.165, 1.54) is 4.57 Å². The first-order valence-electron chi connectivity index (χ1n) is 9.11. The number of nitrogens with one attached hydrogen (secondary N) is 1. The van der Waals surface area contributed by atoms with Crippen LogP contribution in [0.1, 0.15) is 13.0 Å². The first-order valence-corrected chi connectivity index (χ1v) is 9.11. The normalized spacial score (nSPS) is 14.6. The maximum atomic E-state index is 12.4. The number of rotatable bonds is 7. The summed E-state index contributed by atoms with van der Waals surface area (Å²) >= 11 is 0. The Labute approximate surface area is 165 Å². The number of oxazole rings is 1. The molecular weight excluding hydrogens is 380 g/mol. The Morgan fingerprint density at radius 1 is 1.24 bits per heavy atom. The molecule has 1 aliphatic rings. The maximum absolute atomic E-state index is 12.4. The van der Waals surface area contributed by atoms with Gasteiger partial charge in [0.2, 0.25) is 12.7 Å². The van der Waals surface area contributed by atoms with E-state index in [4.69, 9.17) is 18.6 Å². The third-order valence-electron chi connectivity index (χ3n) is 4.58. The van der Waals surface area contributed by atoms with Crippen LogP contribution in [0, 0.1) is 0 Å². The zero-order chi connectivity index (χ0) is 20.4. The molecule has 2 aromatic carbocycles. The number of benzene rings is 2. The largest absolute Gasteiger partial charge is 0.491 e. The lowest BCUT2D eigenvalue weighted by Crippen LogP contribution is -2.40. The monoisotopic (exact) mass is 400 g/mol. The van der Waals surface area contributed by atoms with Crippen molar-refractivity contribution >= 4 is 17.0 Å². The number of para-hydroxylation sites is 2. The summed E-state index contributed by atoms with van der Waals surface area (Å²) in [7, 11) is 0. The summed E-state index contributed by atoms with van der Waals surface area (Å²) in [5.41, 5.74) is 0.946. The second-order valence-electron chi connectivity index (χ2n) is 6.61. The van der Waals surface area contributed by atoms with Crippen LogP contribution in [-0.4, -0.2) is 41.6 Å². The number of hydrogen-bond donors (Lipinski definition) is 2. The molecule has 4 rings (SSSR count). The number of amides is 1. The molecule has 29 heavy (non-hydrogen) atoms. The van der Waals surface area contributed by atoms with E-state index < -0.39 is 23.8 Å². The lowest BCUT2D eigenvalue weighted by Gasteiger charge is -2.16. The fraction of sp³-hybridized carbons (Fsp3) is 0.300. The lowest BCUT2D eigenvalue weighted by atomic mass is 10.2. The average molecular weight is 400 g/mol. The van der Waals surface area contributed by atoms with Gasteiger partial charge in [-0.25, -0.2) is 4.79 Å². The topological polar surface area (TPSA) is 112 Å². The molecule has 2 N–H and O–H groups in total. The van der Waals surface area contributed by atoms with Crippen LogP contribution in [0.5, 0.6) is 17.2 Å². The van der Waals surface area contributed by atoms with Crippen LogP contribution in [0.25, 0.3) is 11.1 Å². The number of fused-ring (bicyclic) bond motifs is 2. The fourth-order valence-electron chi connectivity index (χ4n) is 3.05. The van der Waals surface area contributed by atoms with Crippen molar-refractivity contribution in [2.75, 3.05) is 19.9 Å². The van der Waals surface area contributed by atoms with Crippen molar-refractivity contribution in [3.05, 3.63) is 53.0 Å². The number of aliphatic hydroxyl groups excluding tert-OH is 1. The van der Waals surface area contributed by atoms with Crippen LogP contribution in [0.4, 0.5) is 0 Å². The van der Waals surface area contributed by atoms with Crippen molar-refractivity contribution in [2.45, 2.75) is 19.1 Å². The van der Waals surface area contributed by atoms with Crippen molar-refractivity contribution < 1.29 is 28.5 Å². The van der Waals surface area contributed by atoms with Gasteiger partial charge in [-0.3, -0.25) is 9.36 Å². The van der Waals surface area contributed by atoms with Gasteiger partial charge in [0.15, 0.2) is 17.1 Å². The number of carbonyl (C=O) groups is 1. The van der Waals surface area contributed by atoms with E-state index in [-0.39, 0.29) is 19.9 Å². The van der Waals surface area contributed by atoms with Gasteiger partial charge in [0, 0.05) is 12.6 Å². The Bertz CT molecular complexity index is 1090. The van der Waals surface area contributed by atoms with Gasteiger partial charge in [-0.05, 0) is 31.2 Å². The molecule has 0 spiro atoms. The lowest BCUT2D eigenvalue weighted by molar-refractivity contribution is -0.124. The number of carbonyl (C=O) groups excluding carboxylic acids is 1. The standard InChI is InChI=1S/C20H20N2O7/c1-12(22-15-4-2-3-5-16(15)29-20(22)25)19(24)21-9-13(23)10-26-14-6-7-17-18(8-14)28-11-27-17/h2-8,12-13,23H,9-11H2,1H3,(H,21,24). The first kappa shape index (κ1) is 18.9. The van der Waals surface area contributed by atoms with Crippen molar-refractivity contribution in [3.63, 3.8) is 0 Å². The van der Waals surface area contributed by atoms with Gasteiger partial charge in [0.1, 0.15) is 24.5 Å². The minimum atomic E-state index is -0.936. The third kappa shape index (κ3) is 3.90. The number of ether oxygens (including phenoxy) is 3. The quantitative estimate of drug-likeness (QED) is 0.617. The van der Waals surface area contributed by atoms with E-state index >= 15 is 0 Å². The van der Waals surface area contributed by atoms with E-state index in [0.717, 1.165) is 0 Å². The summed E-state index contributed by atoms with van der Waals surface area (Å²) in [4.78, 5) is 24.5. The van der Waals surface area contributed by atoms with Gasteiger partial charge in [-0.15, -0.1) is 0 Å². The summed E-state index contributed by atoms with van der Waals surface area (Å²) in [6.45, 7) is 1.70. The summed E-state index contributed by atoms with van der Waals surface area (Å²) in [6.07, 6.45) is -0.936. The maximum Gasteiger partial charge on any atom is 0.420 e. The molecule has 0 bridgehead atoms. The molecule has 152 valence electrons. The summed E-state index contributed by atoms with van der Waals surface area (Å²) in [5, 5.41) is 12.7. The van der Waals surface area contributed by atoms with Gasteiger partial charge >= 0.3 is 5.76 Å². The smallest absolute Gasteiger partial charge is 0.420 e. The molecule has 9 nitrogen and oxygen atoms in total. The van der Waals surface area contributed by atoms with E-state index in [0.29, 0.717) is 28.3 Å². The Kier molecular flexibility index (Phi) is 5.13. The molecule has 2 heterocycles. The van der Waals surface area contributed by atoms with Crippen LogP contribution in [0.15, 0.2) is 51.7 Å². The molecule has 2 unspecified atom stereocenters. The Balaban J connectivity index is 1.31. The molecule has 0 saturated heterocycles. The highest BCUT2D eigenvalue weighted by atomic mass is 16.7. The molecule has 1 aromatic heterocycles. The Hall–Kier alpha value is -3.46. The zero-order valence-electron chi connectivity index (χ0n) is 15.7. The molecule has 0 aliphatic carbocycles. The Morgan fingerprint density at radius 3 is 2.90 bits per heavy atom. The number of aliphatic hydroxyl groups is 1. The van der Waals surface area contributed by atoms with Crippen LogP contribution in [0.2, 0.25) is 0 Å². The van der Waals surface area contributed by atoms with Crippen molar-refractivity contribution in [1.29, 1.82) is 0 Å². The molecular formula is C20H20N2O7. The predicted molar refractivity (Wildman–Crippen MR) is 102 cm³/mol. The zero-order valence-corrected chi connectivity index (χ0v) is 15.7. The van der Waals surface area contributed by atoms with Gasteiger partial charge in [-0.2, -0.15) is 0 Å². The van der Waals surface area contributed by atoms with Crippen molar-refractivity contribution in [2.24, 2.45) is 0 Å². The predicted octanol–water partition coefficient (Wildman–Crippen LogP) is 1.44.